The lowest BCUT2D eigenvalue weighted by Gasteiger charge is -2.19. The molecule has 0 aliphatic carbocycles. The van der Waals surface area contributed by atoms with Gasteiger partial charge in [0.25, 0.3) is 0 Å². The number of hydrogen-bond donors (Lipinski definition) is 2. The molecular weight excluding hydrogens is 254 g/mol. The number of ether oxygens (including phenoxy) is 2. The van der Waals surface area contributed by atoms with E-state index in [0.717, 1.165) is 24.2 Å². The van der Waals surface area contributed by atoms with Crippen molar-refractivity contribution >= 4 is 5.96 Å². The molecule has 1 aliphatic heterocycles. The van der Waals surface area contributed by atoms with E-state index in [4.69, 9.17) is 15.2 Å². The third kappa shape index (κ3) is 4.19. The standard InChI is InChI=1S/C15H21N3O2/c1-19-14-8-3-2-6-12(14)10-17-15(16)18-11-13-7-4-5-9-20-13/h2-3,5-6,8-9,13H,4,7,10-11H2,1H3,(H3,16,17,18). The number of rotatable bonds is 5. The zero-order chi connectivity index (χ0) is 14.2. The molecule has 0 amide bonds. The number of aliphatic imine (C=N–C) groups is 1. The smallest absolute Gasteiger partial charge is 0.189 e. The number of nitrogens with one attached hydrogen (secondary N) is 1. The maximum Gasteiger partial charge on any atom is 0.189 e. The number of guanidine groups is 1. The Kier molecular flexibility index (Phi) is 5.29. The largest absolute Gasteiger partial charge is 0.497 e. The first-order valence-corrected chi connectivity index (χ1v) is 6.75. The second-order valence-corrected chi connectivity index (χ2v) is 4.60. The summed E-state index contributed by atoms with van der Waals surface area (Å²) in [5.74, 6) is 1.25. The highest BCUT2D eigenvalue weighted by molar-refractivity contribution is 5.77. The number of benzene rings is 1. The molecular formula is C15H21N3O2. The normalized spacial score (nSPS) is 18.4. The molecule has 1 atom stereocenters. The minimum atomic E-state index is 0.167. The van der Waals surface area contributed by atoms with Crippen molar-refractivity contribution in [2.24, 2.45) is 10.7 Å². The van der Waals surface area contributed by atoms with Crippen LogP contribution in [0.15, 0.2) is 41.6 Å². The van der Waals surface area contributed by atoms with Crippen LogP contribution < -0.4 is 15.8 Å². The second-order valence-electron chi connectivity index (χ2n) is 4.60. The van der Waals surface area contributed by atoms with Gasteiger partial charge >= 0.3 is 0 Å². The van der Waals surface area contributed by atoms with Crippen LogP contribution in [0, 0.1) is 0 Å². The van der Waals surface area contributed by atoms with Gasteiger partial charge in [-0.05, 0) is 25.0 Å². The SMILES string of the molecule is COc1ccccc1CN=C(N)NCC1CCC=CO1. The van der Waals surface area contributed by atoms with Crippen molar-refractivity contribution in [3.05, 3.63) is 42.2 Å². The zero-order valence-electron chi connectivity index (χ0n) is 11.7. The van der Waals surface area contributed by atoms with Crippen LogP contribution >= 0.6 is 0 Å². The quantitative estimate of drug-likeness (QED) is 0.635. The summed E-state index contributed by atoms with van der Waals surface area (Å²) < 4.78 is 10.7. The van der Waals surface area contributed by atoms with E-state index in [1.807, 2.05) is 30.3 Å². The van der Waals surface area contributed by atoms with E-state index >= 15 is 0 Å². The lowest BCUT2D eigenvalue weighted by Crippen LogP contribution is -2.38. The van der Waals surface area contributed by atoms with Gasteiger partial charge in [-0.3, -0.25) is 0 Å². The Morgan fingerprint density at radius 1 is 1.50 bits per heavy atom. The van der Waals surface area contributed by atoms with E-state index in [1.165, 1.54) is 0 Å². The molecule has 0 aromatic heterocycles. The zero-order valence-corrected chi connectivity index (χ0v) is 11.7. The number of methoxy groups -OCH3 is 1. The molecule has 0 bridgehead atoms. The molecule has 1 aromatic rings. The molecule has 0 spiro atoms. The number of allylic oxidation sites excluding steroid dienone is 1. The number of para-hydroxylation sites is 1. The first kappa shape index (κ1) is 14.2. The van der Waals surface area contributed by atoms with Crippen molar-refractivity contribution in [3.8, 4) is 5.75 Å². The molecule has 3 N–H and O–H groups in total. The van der Waals surface area contributed by atoms with Crippen LogP contribution in [0.25, 0.3) is 0 Å². The first-order valence-electron chi connectivity index (χ1n) is 6.75. The van der Waals surface area contributed by atoms with Crippen LogP contribution in [-0.4, -0.2) is 25.7 Å². The van der Waals surface area contributed by atoms with Crippen LogP contribution in [0.2, 0.25) is 0 Å². The van der Waals surface area contributed by atoms with Gasteiger partial charge < -0.3 is 20.5 Å². The van der Waals surface area contributed by atoms with Gasteiger partial charge in [0.2, 0.25) is 0 Å². The van der Waals surface area contributed by atoms with Gasteiger partial charge in [0.15, 0.2) is 5.96 Å². The van der Waals surface area contributed by atoms with E-state index in [-0.39, 0.29) is 6.10 Å². The molecule has 108 valence electrons. The monoisotopic (exact) mass is 275 g/mol. The molecule has 1 unspecified atom stereocenters. The van der Waals surface area contributed by atoms with Crippen molar-refractivity contribution in [2.45, 2.75) is 25.5 Å². The Bertz CT molecular complexity index is 486. The fraction of sp³-hybridized carbons (Fsp3) is 0.400. The summed E-state index contributed by atoms with van der Waals surface area (Å²) in [7, 11) is 1.65. The molecule has 1 heterocycles. The van der Waals surface area contributed by atoms with Gasteiger partial charge in [-0.1, -0.05) is 18.2 Å². The van der Waals surface area contributed by atoms with Crippen molar-refractivity contribution < 1.29 is 9.47 Å². The fourth-order valence-corrected chi connectivity index (χ4v) is 2.01. The third-order valence-electron chi connectivity index (χ3n) is 3.15. The van der Waals surface area contributed by atoms with Gasteiger partial charge in [0, 0.05) is 5.56 Å². The lowest BCUT2D eigenvalue weighted by atomic mass is 10.1. The van der Waals surface area contributed by atoms with E-state index in [0.29, 0.717) is 19.0 Å². The molecule has 5 nitrogen and oxygen atoms in total. The summed E-state index contributed by atoms with van der Waals surface area (Å²) in [6.45, 7) is 1.17. The molecule has 20 heavy (non-hydrogen) atoms. The van der Waals surface area contributed by atoms with Crippen molar-refractivity contribution in [2.75, 3.05) is 13.7 Å². The average molecular weight is 275 g/mol. The van der Waals surface area contributed by atoms with Crippen LogP contribution in [0.4, 0.5) is 0 Å². The van der Waals surface area contributed by atoms with Crippen LogP contribution in [-0.2, 0) is 11.3 Å². The molecule has 1 aliphatic rings. The van der Waals surface area contributed by atoms with E-state index < -0.39 is 0 Å². The summed E-state index contributed by atoms with van der Waals surface area (Å²) in [5, 5.41) is 3.09. The van der Waals surface area contributed by atoms with Gasteiger partial charge in [-0.2, -0.15) is 0 Å². The molecule has 5 heteroatoms. The summed E-state index contributed by atoms with van der Waals surface area (Å²) in [5.41, 5.74) is 6.87. The minimum absolute atomic E-state index is 0.167. The number of nitrogens with two attached hydrogens (primary N) is 1. The predicted octanol–water partition coefficient (Wildman–Crippen LogP) is 1.79. The average Bonchev–Trinajstić information content (AvgIpc) is 2.52. The Morgan fingerprint density at radius 2 is 2.35 bits per heavy atom. The molecule has 0 saturated carbocycles. The van der Waals surface area contributed by atoms with Crippen LogP contribution in [0.3, 0.4) is 0 Å². The Morgan fingerprint density at radius 3 is 3.10 bits per heavy atom. The maximum atomic E-state index is 5.85. The summed E-state index contributed by atoms with van der Waals surface area (Å²) in [6.07, 6.45) is 5.99. The summed E-state index contributed by atoms with van der Waals surface area (Å²) >= 11 is 0. The van der Waals surface area contributed by atoms with Crippen LogP contribution in [0.5, 0.6) is 5.75 Å². The van der Waals surface area contributed by atoms with Gasteiger partial charge in [0.1, 0.15) is 11.9 Å². The van der Waals surface area contributed by atoms with E-state index in [9.17, 15) is 0 Å². The topological polar surface area (TPSA) is 68.9 Å². The van der Waals surface area contributed by atoms with Gasteiger partial charge in [-0.15, -0.1) is 0 Å². The van der Waals surface area contributed by atoms with Crippen molar-refractivity contribution in [1.29, 1.82) is 0 Å². The Labute approximate surface area is 119 Å². The second kappa shape index (κ2) is 7.43. The summed E-state index contributed by atoms with van der Waals surface area (Å²) in [4.78, 5) is 4.32. The highest BCUT2D eigenvalue weighted by atomic mass is 16.5. The third-order valence-corrected chi connectivity index (χ3v) is 3.15. The maximum absolute atomic E-state index is 5.85. The molecule has 0 saturated heterocycles. The first-order chi connectivity index (χ1) is 9.79. The Balaban J connectivity index is 1.82. The number of hydrogen-bond acceptors (Lipinski definition) is 3. The van der Waals surface area contributed by atoms with Crippen molar-refractivity contribution in [3.63, 3.8) is 0 Å². The van der Waals surface area contributed by atoms with E-state index in [1.54, 1.807) is 13.4 Å². The highest BCUT2D eigenvalue weighted by Gasteiger charge is 2.10. The van der Waals surface area contributed by atoms with Gasteiger partial charge in [-0.25, -0.2) is 4.99 Å². The van der Waals surface area contributed by atoms with E-state index in [2.05, 4.69) is 10.3 Å². The van der Waals surface area contributed by atoms with Crippen molar-refractivity contribution in [1.82, 2.24) is 5.32 Å². The highest BCUT2D eigenvalue weighted by Crippen LogP contribution is 2.17. The molecule has 0 fully saturated rings. The fourth-order valence-electron chi connectivity index (χ4n) is 2.01. The van der Waals surface area contributed by atoms with Gasteiger partial charge in [0.05, 0.1) is 26.5 Å². The predicted molar refractivity (Wildman–Crippen MR) is 79.6 cm³/mol. The lowest BCUT2D eigenvalue weighted by molar-refractivity contribution is 0.127. The minimum Gasteiger partial charge on any atom is -0.497 e. The number of nitrogens with zero attached hydrogens (tertiary/aromatic N) is 1. The van der Waals surface area contributed by atoms with Crippen LogP contribution in [0.1, 0.15) is 18.4 Å². The molecule has 1 aromatic carbocycles. The Hall–Kier alpha value is -2.17. The molecule has 2 rings (SSSR count). The summed E-state index contributed by atoms with van der Waals surface area (Å²) in [6, 6.07) is 7.78. The molecule has 0 radical (unpaired) electrons.